The maximum Gasteiger partial charge on any atom is 0.288 e. The molecule has 3 heteroatoms. The van der Waals surface area contributed by atoms with Crippen molar-refractivity contribution in [2.45, 2.75) is 163 Å². The van der Waals surface area contributed by atoms with E-state index < -0.39 is 5.97 Å². The number of hydrogen-bond acceptors (Lipinski definition) is 3. The normalized spacial score (nSPS) is 14.6. The van der Waals surface area contributed by atoms with Crippen LogP contribution < -0.4 is 0 Å². The van der Waals surface area contributed by atoms with E-state index in [4.69, 9.17) is 14.2 Å². The first-order valence-corrected chi connectivity index (χ1v) is 15.8. The number of methoxy groups -OCH3 is 3. The van der Waals surface area contributed by atoms with Gasteiger partial charge < -0.3 is 14.2 Å². The molecular weight excluding hydrogens is 444 g/mol. The van der Waals surface area contributed by atoms with Crippen molar-refractivity contribution in [2.75, 3.05) is 21.3 Å². The van der Waals surface area contributed by atoms with Crippen molar-refractivity contribution in [3.63, 3.8) is 0 Å². The zero-order valence-electron chi connectivity index (χ0n) is 26.0. The Labute approximate surface area is 227 Å². The minimum Gasteiger partial charge on any atom is -0.330 e. The Morgan fingerprint density at radius 3 is 1.47 bits per heavy atom. The average Bonchev–Trinajstić information content (AvgIpc) is 2.90. The van der Waals surface area contributed by atoms with Gasteiger partial charge in [0.05, 0.1) is 5.41 Å². The minimum absolute atomic E-state index is 0.191. The van der Waals surface area contributed by atoms with Crippen molar-refractivity contribution in [1.29, 1.82) is 0 Å². The van der Waals surface area contributed by atoms with Crippen LogP contribution in [0.1, 0.15) is 157 Å². The molecule has 2 unspecified atom stereocenters. The molecule has 0 N–H and O–H groups in total. The minimum atomic E-state index is -1.01. The molecular formula is C33H66O3. The number of rotatable bonds is 26. The van der Waals surface area contributed by atoms with Gasteiger partial charge in [0.25, 0.3) is 5.97 Å². The van der Waals surface area contributed by atoms with Crippen LogP contribution in [0.15, 0.2) is 12.2 Å². The third-order valence-corrected chi connectivity index (χ3v) is 8.66. The molecule has 0 spiro atoms. The van der Waals surface area contributed by atoms with Gasteiger partial charge in [-0.2, -0.15) is 0 Å². The molecule has 0 fully saturated rings. The SMILES string of the molecule is CC=CC(CCCCC(C)CC)C(CCCCCCCC)(CCCCCCCC)C(OC)(OC)OC. The van der Waals surface area contributed by atoms with Crippen molar-refractivity contribution in [3.8, 4) is 0 Å². The molecule has 3 nitrogen and oxygen atoms in total. The van der Waals surface area contributed by atoms with E-state index in [0.717, 1.165) is 18.8 Å². The Hall–Kier alpha value is -0.380. The quantitative estimate of drug-likeness (QED) is 0.0657. The number of unbranched alkanes of at least 4 members (excludes halogenated alkanes) is 11. The first-order chi connectivity index (χ1) is 17.5. The smallest absolute Gasteiger partial charge is 0.288 e. The van der Waals surface area contributed by atoms with Crippen LogP contribution in [0.3, 0.4) is 0 Å². The van der Waals surface area contributed by atoms with Crippen LogP contribution >= 0.6 is 0 Å². The molecule has 0 saturated carbocycles. The van der Waals surface area contributed by atoms with E-state index in [0.29, 0.717) is 5.92 Å². The monoisotopic (exact) mass is 511 g/mol. The summed E-state index contributed by atoms with van der Waals surface area (Å²) in [5.41, 5.74) is -0.191. The molecule has 0 rings (SSSR count). The zero-order valence-corrected chi connectivity index (χ0v) is 26.0. The van der Waals surface area contributed by atoms with Crippen molar-refractivity contribution in [1.82, 2.24) is 0 Å². The third kappa shape index (κ3) is 12.4. The summed E-state index contributed by atoms with van der Waals surface area (Å²) in [5, 5.41) is 0. The maximum atomic E-state index is 6.20. The maximum absolute atomic E-state index is 6.20. The summed E-state index contributed by atoms with van der Waals surface area (Å²) in [6.07, 6.45) is 28.8. The van der Waals surface area contributed by atoms with Crippen LogP contribution in [-0.4, -0.2) is 27.3 Å². The fourth-order valence-corrected chi connectivity index (χ4v) is 6.18. The highest BCUT2D eigenvalue weighted by molar-refractivity contribution is 5.03. The van der Waals surface area contributed by atoms with Gasteiger partial charge in [0.2, 0.25) is 0 Å². The molecule has 2 atom stereocenters. The Kier molecular flexibility index (Phi) is 22.4. The second-order valence-corrected chi connectivity index (χ2v) is 11.3. The zero-order chi connectivity index (χ0) is 27.1. The Bertz CT molecular complexity index is 473. The van der Waals surface area contributed by atoms with Crippen LogP contribution in [0.2, 0.25) is 0 Å². The van der Waals surface area contributed by atoms with Crippen molar-refractivity contribution in [3.05, 3.63) is 12.2 Å². The Morgan fingerprint density at radius 1 is 0.611 bits per heavy atom. The van der Waals surface area contributed by atoms with Crippen LogP contribution in [-0.2, 0) is 14.2 Å². The fraction of sp³-hybridized carbons (Fsp3) is 0.939. The van der Waals surface area contributed by atoms with E-state index in [-0.39, 0.29) is 5.41 Å². The molecule has 0 aromatic rings. The molecule has 0 radical (unpaired) electrons. The van der Waals surface area contributed by atoms with Gasteiger partial charge in [-0.15, -0.1) is 0 Å². The molecule has 0 aliphatic carbocycles. The summed E-state index contributed by atoms with van der Waals surface area (Å²) in [5.74, 6) is 0.184. The lowest BCUT2D eigenvalue weighted by atomic mass is 9.64. The van der Waals surface area contributed by atoms with E-state index >= 15 is 0 Å². The second kappa shape index (κ2) is 22.6. The Morgan fingerprint density at radius 2 is 1.06 bits per heavy atom. The molecule has 216 valence electrons. The van der Waals surface area contributed by atoms with E-state index in [2.05, 4.69) is 46.8 Å². The van der Waals surface area contributed by atoms with Gasteiger partial charge in [0.1, 0.15) is 0 Å². The average molecular weight is 511 g/mol. The summed E-state index contributed by atoms with van der Waals surface area (Å²) in [7, 11) is 5.33. The molecule has 0 bridgehead atoms. The van der Waals surface area contributed by atoms with Crippen LogP contribution in [0.4, 0.5) is 0 Å². The van der Waals surface area contributed by atoms with Crippen molar-refractivity contribution < 1.29 is 14.2 Å². The molecule has 0 saturated heterocycles. The van der Waals surface area contributed by atoms with Gasteiger partial charge in [-0.1, -0.05) is 143 Å². The molecule has 0 aromatic heterocycles. The topological polar surface area (TPSA) is 27.7 Å². The highest BCUT2D eigenvalue weighted by atomic mass is 16.9. The summed E-state index contributed by atoms with van der Waals surface area (Å²) in [6.45, 7) is 11.4. The van der Waals surface area contributed by atoms with Gasteiger partial charge in [-0.05, 0) is 38.0 Å². The molecule has 36 heavy (non-hydrogen) atoms. The molecule has 0 amide bonds. The number of allylic oxidation sites excluding steroid dienone is 2. The van der Waals surface area contributed by atoms with Gasteiger partial charge in [-0.25, -0.2) is 0 Å². The van der Waals surface area contributed by atoms with Crippen molar-refractivity contribution >= 4 is 0 Å². The van der Waals surface area contributed by atoms with Crippen LogP contribution in [0.5, 0.6) is 0 Å². The van der Waals surface area contributed by atoms with Crippen LogP contribution in [0.25, 0.3) is 0 Å². The largest absolute Gasteiger partial charge is 0.330 e. The fourth-order valence-electron chi connectivity index (χ4n) is 6.18. The van der Waals surface area contributed by atoms with Crippen LogP contribution in [0, 0.1) is 17.3 Å². The molecule has 0 aliphatic heterocycles. The summed E-state index contributed by atoms with van der Waals surface area (Å²) in [6, 6.07) is 0. The highest BCUT2D eigenvalue weighted by Gasteiger charge is 2.56. The van der Waals surface area contributed by atoms with Gasteiger partial charge in [-0.3, -0.25) is 0 Å². The molecule has 0 heterocycles. The summed E-state index contributed by atoms with van der Waals surface area (Å²) in [4.78, 5) is 0. The second-order valence-electron chi connectivity index (χ2n) is 11.3. The summed E-state index contributed by atoms with van der Waals surface area (Å²) < 4.78 is 18.6. The van der Waals surface area contributed by atoms with Gasteiger partial charge in [0.15, 0.2) is 0 Å². The standard InChI is InChI=1S/C33H66O3/c1-9-13-15-17-19-23-28-32(33(34-6,35-7)36-8,29-24-20-18-16-14-10-2)31(25-11-3)27-22-21-26-30(5)12-4/h11,25,30-31H,9-10,12-24,26-29H2,1-8H3. The van der Waals surface area contributed by atoms with Gasteiger partial charge in [0, 0.05) is 21.3 Å². The first-order valence-electron chi connectivity index (χ1n) is 15.8. The third-order valence-electron chi connectivity index (χ3n) is 8.66. The summed E-state index contributed by atoms with van der Waals surface area (Å²) >= 11 is 0. The highest BCUT2D eigenvalue weighted by Crippen LogP contribution is 2.52. The first kappa shape index (κ1) is 35.6. The number of hydrogen-bond donors (Lipinski definition) is 0. The number of ether oxygens (including phenoxy) is 3. The molecule has 0 aliphatic rings. The van der Waals surface area contributed by atoms with E-state index in [1.54, 1.807) is 21.3 Å². The van der Waals surface area contributed by atoms with E-state index in [1.807, 2.05) is 0 Å². The van der Waals surface area contributed by atoms with E-state index in [9.17, 15) is 0 Å². The van der Waals surface area contributed by atoms with Gasteiger partial charge >= 0.3 is 0 Å². The predicted molar refractivity (Wildman–Crippen MR) is 158 cm³/mol. The lowest BCUT2D eigenvalue weighted by Crippen LogP contribution is -2.56. The van der Waals surface area contributed by atoms with Crippen molar-refractivity contribution in [2.24, 2.45) is 17.3 Å². The Balaban J connectivity index is 5.91. The molecule has 0 aromatic carbocycles. The lowest BCUT2D eigenvalue weighted by molar-refractivity contribution is -0.417. The lowest BCUT2D eigenvalue weighted by Gasteiger charge is -2.51. The predicted octanol–water partition coefficient (Wildman–Crippen LogP) is 10.9. The van der Waals surface area contributed by atoms with E-state index in [1.165, 1.54) is 109 Å².